The van der Waals surface area contributed by atoms with Crippen LogP contribution in [0.2, 0.25) is 0 Å². The highest BCUT2D eigenvalue weighted by Gasteiger charge is 2.31. The van der Waals surface area contributed by atoms with Crippen LogP contribution >= 0.6 is 0 Å². The number of fused-ring (bicyclic) bond motifs is 1. The Labute approximate surface area is 199 Å². The van der Waals surface area contributed by atoms with Crippen molar-refractivity contribution in [2.75, 3.05) is 63.4 Å². The zero-order valence-electron chi connectivity index (χ0n) is 19.5. The van der Waals surface area contributed by atoms with E-state index in [0.29, 0.717) is 24.4 Å². The summed E-state index contributed by atoms with van der Waals surface area (Å²) >= 11 is 0. The van der Waals surface area contributed by atoms with Crippen molar-refractivity contribution < 1.29 is 14.2 Å². The van der Waals surface area contributed by atoms with Crippen LogP contribution in [-0.4, -0.2) is 64.8 Å². The molecule has 2 aliphatic rings. The van der Waals surface area contributed by atoms with Crippen LogP contribution in [0.15, 0.2) is 48.7 Å². The molecule has 3 aromatic rings. The molecule has 0 amide bonds. The first-order valence-electron chi connectivity index (χ1n) is 11.5. The SMILES string of the molecule is COc1ccc2c(N3CC(c4ccc(N5CCOCC5)cc4)NCC3OC)ncc(C#N)c2c1. The van der Waals surface area contributed by atoms with Gasteiger partial charge in [0.05, 0.1) is 31.9 Å². The topological polar surface area (TPSA) is 82.9 Å². The van der Waals surface area contributed by atoms with Crippen LogP contribution in [0.4, 0.5) is 11.5 Å². The van der Waals surface area contributed by atoms with Gasteiger partial charge >= 0.3 is 0 Å². The summed E-state index contributed by atoms with van der Waals surface area (Å²) in [5, 5.41) is 15.0. The highest BCUT2D eigenvalue weighted by Crippen LogP contribution is 2.34. The van der Waals surface area contributed by atoms with E-state index in [1.807, 2.05) is 18.2 Å². The average molecular weight is 460 g/mol. The van der Waals surface area contributed by atoms with Gasteiger partial charge in [-0.25, -0.2) is 4.98 Å². The summed E-state index contributed by atoms with van der Waals surface area (Å²) in [6.45, 7) is 4.74. The van der Waals surface area contributed by atoms with Gasteiger partial charge in [-0.1, -0.05) is 12.1 Å². The number of rotatable bonds is 5. The molecule has 8 heteroatoms. The number of pyridine rings is 1. The van der Waals surface area contributed by atoms with Crippen LogP contribution in [0.1, 0.15) is 17.2 Å². The quantitative estimate of drug-likeness (QED) is 0.623. The lowest BCUT2D eigenvalue weighted by atomic mass is 10.0. The third-order valence-electron chi connectivity index (χ3n) is 6.68. The first-order valence-corrected chi connectivity index (χ1v) is 11.5. The van der Waals surface area contributed by atoms with Crippen LogP contribution < -0.4 is 19.9 Å². The normalized spacial score (nSPS) is 20.9. The molecule has 2 aromatic carbocycles. The second-order valence-electron chi connectivity index (χ2n) is 8.51. The van der Waals surface area contributed by atoms with Gasteiger partial charge < -0.3 is 29.3 Å². The van der Waals surface area contributed by atoms with Gasteiger partial charge in [-0.3, -0.25) is 0 Å². The highest BCUT2D eigenvalue weighted by atomic mass is 16.5. The Balaban J connectivity index is 1.45. The van der Waals surface area contributed by atoms with E-state index in [-0.39, 0.29) is 12.3 Å². The number of piperazine rings is 1. The fourth-order valence-electron chi connectivity index (χ4n) is 4.78. The molecule has 34 heavy (non-hydrogen) atoms. The van der Waals surface area contributed by atoms with Gasteiger partial charge in [0.15, 0.2) is 0 Å². The summed E-state index contributed by atoms with van der Waals surface area (Å²) in [7, 11) is 3.34. The Morgan fingerprint density at radius 1 is 1.09 bits per heavy atom. The number of hydrogen-bond donors (Lipinski definition) is 1. The summed E-state index contributed by atoms with van der Waals surface area (Å²) in [4.78, 5) is 9.24. The lowest BCUT2D eigenvalue weighted by molar-refractivity contribution is 0.0789. The Kier molecular flexibility index (Phi) is 6.50. The maximum atomic E-state index is 9.62. The zero-order valence-corrected chi connectivity index (χ0v) is 19.5. The molecule has 0 spiro atoms. The molecule has 8 nitrogen and oxygen atoms in total. The Bertz CT molecular complexity index is 1190. The number of nitrogens with zero attached hydrogens (tertiary/aromatic N) is 4. The molecule has 5 rings (SSSR count). The number of morpholine rings is 1. The molecule has 2 aliphatic heterocycles. The predicted molar refractivity (Wildman–Crippen MR) is 131 cm³/mol. The molecular weight excluding hydrogens is 430 g/mol. The third-order valence-corrected chi connectivity index (χ3v) is 6.68. The van der Waals surface area contributed by atoms with Gasteiger partial charge in [-0.2, -0.15) is 5.26 Å². The molecule has 2 unspecified atom stereocenters. The second kappa shape index (κ2) is 9.85. The molecule has 1 N–H and O–H groups in total. The van der Waals surface area contributed by atoms with Crippen molar-refractivity contribution in [1.29, 1.82) is 5.26 Å². The van der Waals surface area contributed by atoms with Crippen molar-refractivity contribution in [2.24, 2.45) is 0 Å². The van der Waals surface area contributed by atoms with E-state index in [1.165, 1.54) is 11.3 Å². The smallest absolute Gasteiger partial charge is 0.143 e. The van der Waals surface area contributed by atoms with Crippen LogP contribution in [0.5, 0.6) is 5.75 Å². The molecule has 2 saturated heterocycles. The van der Waals surface area contributed by atoms with Crippen molar-refractivity contribution in [3.8, 4) is 11.8 Å². The molecule has 0 saturated carbocycles. The number of anilines is 2. The Morgan fingerprint density at radius 2 is 1.88 bits per heavy atom. The monoisotopic (exact) mass is 459 g/mol. The summed E-state index contributed by atoms with van der Waals surface area (Å²) in [6, 6.07) is 16.9. The lowest BCUT2D eigenvalue weighted by Gasteiger charge is -2.41. The minimum atomic E-state index is -0.172. The third kappa shape index (κ3) is 4.26. The summed E-state index contributed by atoms with van der Waals surface area (Å²) in [6.07, 6.45) is 1.47. The maximum absolute atomic E-state index is 9.62. The molecule has 3 heterocycles. The van der Waals surface area contributed by atoms with Crippen LogP contribution in [0, 0.1) is 11.3 Å². The first kappa shape index (κ1) is 22.4. The Morgan fingerprint density at radius 3 is 2.59 bits per heavy atom. The van der Waals surface area contributed by atoms with Crippen molar-refractivity contribution in [3.05, 3.63) is 59.8 Å². The second-order valence-corrected chi connectivity index (χ2v) is 8.51. The van der Waals surface area contributed by atoms with E-state index in [0.717, 1.165) is 42.9 Å². The number of nitriles is 1. The average Bonchev–Trinajstić information content (AvgIpc) is 2.92. The maximum Gasteiger partial charge on any atom is 0.143 e. The molecule has 0 aliphatic carbocycles. The molecule has 176 valence electrons. The van der Waals surface area contributed by atoms with Gasteiger partial charge in [-0.05, 0) is 35.9 Å². The summed E-state index contributed by atoms with van der Waals surface area (Å²) < 4.78 is 16.7. The fraction of sp³-hybridized carbons (Fsp3) is 0.385. The summed E-state index contributed by atoms with van der Waals surface area (Å²) in [5.41, 5.74) is 2.97. The van der Waals surface area contributed by atoms with Crippen molar-refractivity contribution in [1.82, 2.24) is 10.3 Å². The molecule has 2 fully saturated rings. The minimum absolute atomic E-state index is 0.121. The molecule has 1 aromatic heterocycles. The number of benzene rings is 2. The first-order chi connectivity index (χ1) is 16.7. The number of hydrogen-bond acceptors (Lipinski definition) is 8. The van der Waals surface area contributed by atoms with E-state index in [1.54, 1.807) is 20.4 Å². The molecular formula is C26H29N5O3. The molecule has 0 radical (unpaired) electrons. The van der Waals surface area contributed by atoms with Crippen molar-refractivity contribution >= 4 is 22.3 Å². The summed E-state index contributed by atoms with van der Waals surface area (Å²) in [5.74, 6) is 1.52. The number of nitrogens with one attached hydrogen (secondary N) is 1. The molecule has 2 atom stereocenters. The number of methoxy groups -OCH3 is 2. The standard InChI is InChI=1S/C26H29N5O3/c1-32-21-7-8-22-23(13-21)19(14-27)15-29-26(22)31-17-24(28-16-25(31)33-2)18-3-5-20(6-4-18)30-9-11-34-12-10-30/h3-8,13,15,24-25,28H,9-12,16-17H2,1-2H3. The van der Waals surface area contributed by atoms with E-state index >= 15 is 0 Å². The molecule has 0 bridgehead atoms. The lowest BCUT2D eigenvalue weighted by Crippen LogP contribution is -2.54. The number of aromatic nitrogens is 1. The van der Waals surface area contributed by atoms with Crippen molar-refractivity contribution in [2.45, 2.75) is 12.3 Å². The van der Waals surface area contributed by atoms with Crippen LogP contribution in [-0.2, 0) is 9.47 Å². The highest BCUT2D eigenvalue weighted by molar-refractivity contribution is 5.96. The number of ether oxygens (including phenoxy) is 3. The fourth-order valence-corrected chi connectivity index (χ4v) is 4.78. The van der Waals surface area contributed by atoms with Gasteiger partial charge in [0.1, 0.15) is 23.9 Å². The predicted octanol–water partition coefficient (Wildman–Crippen LogP) is 3.08. The van der Waals surface area contributed by atoms with Gasteiger partial charge in [0.25, 0.3) is 0 Å². The Hall–Kier alpha value is -3.38. The van der Waals surface area contributed by atoms with Crippen molar-refractivity contribution in [3.63, 3.8) is 0 Å². The van der Waals surface area contributed by atoms with E-state index in [4.69, 9.17) is 19.2 Å². The van der Waals surface area contributed by atoms with Gasteiger partial charge in [0.2, 0.25) is 0 Å². The van der Waals surface area contributed by atoms with E-state index < -0.39 is 0 Å². The van der Waals surface area contributed by atoms with Gasteiger partial charge in [0, 0.05) is 55.9 Å². The van der Waals surface area contributed by atoms with Crippen LogP contribution in [0.25, 0.3) is 10.8 Å². The largest absolute Gasteiger partial charge is 0.497 e. The minimum Gasteiger partial charge on any atom is -0.497 e. The van der Waals surface area contributed by atoms with Crippen LogP contribution in [0.3, 0.4) is 0 Å². The van der Waals surface area contributed by atoms with E-state index in [2.05, 4.69) is 45.5 Å². The van der Waals surface area contributed by atoms with E-state index in [9.17, 15) is 5.26 Å². The zero-order chi connectivity index (χ0) is 23.5. The van der Waals surface area contributed by atoms with Gasteiger partial charge in [-0.15, -0.1) is 0 Å².